The molecule has 0 amide bonds. The lowest BCUT2D eigenvalue weighted by atomic mass is 10.1. The van der Waals surface area contributed by atoms with Crippen molar-refractivity contribution in [2.75, 3.05) is 38.7 Å². The van der Waals surface area contributed by atoms with Gasteiger partial charge in [-0.15, -0.1) is 24.0 Å². The van der Waals surface area contributed by atoms with Crippen LogP contribution in [0.3, 0.4) is 0 Å². The molecule has 0 radical (unpaired) electrons. The molecule has 0 aromatic heterocycles. The summed E-state index contributed by atoms with van der Waals surface area (Å²) in [4.78, 5) is 6.73. The van der Waals surface area contributed by atoms with Crippen LogP contribution in [-0.2, 0) is 6.42 Å². The average Bonchev–Trinajstić information content (AvgIpc) is 3.33. The molecule has 182 valence electrons. The maximum atomic E-state index is 12.6. The van der Waals surface area contributed by atoms with Gasteiger partial charge in [-0.1, -0.05) is 18.2 Å². The van der Waals surface area contributed by atoms with Gasteiger partial charge in [0, 0.05) is 32.4 Å². The fraction of sp³-hybridized carbons (Fsp3) is 0.458. The molecular formula is C24H33F2IN4O2. The predicted molar refractivity (Wildman–Crippen MR) is 140 cm³/mol. The molecule has 6 nitrogen and oxygen atoms in total. The van der Waals surface area contributed by atoms with E-state index in [0.29, 0.717) is 18.9 Å². The van der Waals surface area contributed by atoms with E-state index in [4.69, 9.17) is 4.74 Å². The Labute approximate surface area is 211 Å². The molecule has 0 spiro atoms. The molecule has 1 aliphatic heterocycles. The number of methoxy groups -OCH3 is 1. The van der Waals surface area contributed by atoms with Crippen molar-refractivity contribution < 1.29 is 18.3 Å². The standard InChI is InChI=1S/C24H32F2N4O2.HI/c1-17(19-7-6-8-20(16-19)30-13-4-5-14-30)29-24(27-2)28-12-11-18-9-10-21(31-3)22(15-18)32-23(25)26;/h6-10,15-17,23H,4-5,11-14H2,1-3H3,(H2,27,28,29);1H. The second-order valence-corrected chi connectivity index (χ2v) is 7.77. The lowest BCUT2D eigenvalue weighted by Crippen LogP contribution is -2.39. The van der Waals surface area contributed by atoms with Crippen molar-refractivity contribution in [2.45, 2.75) is 38.8 Å². The fourth-order valence-corrected chi connectivity index (χ4v) is 3.84. The highest BCUT2D eigenvalue weighted by molar-refractivity contribution is 14.0. The number of rotatable bonds is 9. The molecular weight excluding hydrogens is 541 g/mol. The van der Waals surface area contributed by atoms with E-state index in [1.807, 2.05) is 6.07 Å². The zero-order valence-electron chi connectivity index (χ0n) is 19.3. The highest BCUT2D eigenvalue weighted by Crippen LogP contribution is 2.29. The summed E-state index contributed by atoms with van der Waals surface area (Å²) in [6.45, 7) is 2.02. The minimum absolute atomic E-state index is 0. The number of nitrogens with one attached hydrogen (secondary N) is 2. The van der Waals surface area contributed by atoms with Crippen molar-refractivity contribution in [1.82, 2.24) is 10.6 Å². The molecule has 0 bridgehead atoms. The van der Waals surface area contributed by atoms with Gasteiger partial charge in [-0.25, -0.2) is 0 Å². The van der Waals surface area contributed by atoms with Gasteiger partial charge < -0.3 is 25.0 Å². The Morgan fingerprint density at radius 3 is 2.55 bits per heavy atom. The second-order valence-electron chi connectivity index (χ2n) is 7.77. The van der Waals surface area contributed by atoms with E-state index in [0.717, 1.165) is 18.7 Å². The van der Waals surface area contributed by atoms with Gasteiger partial charge in [0.15, 0.2) is 17.5 Å². The smallest absolute Gasteiger partial charge is 0.387 e. The third kappa shape index (κ3) is 7.90. The number of nitrogens with zero attached hydrogens (tertiary/aromatic N) is 2. The van der Waals surface area contributed by atoms with Gasteiger partial charge in [-0.3, -0.25) is 4.99 Å². The van der Waals surface area contributed by atoms with Crippen molar-refractivity contribution in [1.29, 1.82) is 0 Å². The number of hydrogen-bond acceptors (Lipinski definition) is 4. The lowest BCUT2D eigenvalue weighted by molar-refractivity contribution is -0.0512. The van der Waals surface area contributed by atoms with Crippen LogP contribution in [0.2, 0.25) is 0 Å². The number of anilines is 1. The summed E-state index contributed by atoms with van der Waals surface area (Å²) in [5.41, 5.74) is 3.31. The summed E-state index contributed by atoms with van der Waals surface area (Å²) in [6, 6.07) is 13.7. The topological polar surface area (TPSA) is 58.1 Å². The number of ether oxygens (including phenoxy) is 2. The molecule has 1 saturated heterocycles. The average molecular weight is 574 g/mol. The maximum Gasteiger partial charge on any atom is 0.387 e. The van der Waals surface area contributed by atoms with E-state index in [9.17, 15) is 8.78 Å². The molecule has 2 aromatic rings. The Kier molecular flexibility index (Phi) is 11.0. The van der Waals surface area contributed by atoms with Gasteiger partial charge in [-0.2, -0.15) is 8.78 Å². The van der Waals surface area contributed by atoms with Gasteiger partial charge in [0.2, 0.25) is 0 Å². The summed E-state index contributed by atoms with van der Waals surface area (Å²) in [6.07, 6.45) is 3.11. The molecule has 33 heavy (non-hydrogen) atoms. The first-order valence-electron chi connectivity index (χ1n) is 10.9. The number of aliphatic imine (C=N–C) groups is 1. The van der Waals surface area contributed by atoms with Crippen LogP contribution in [0.15, 0.2) is 47.5 Å². The van der Waals surface area contributed by atoms with E-state index in [1.54, 1.807) is 19.2 Å². The monoisotopic (exact) mass is 574 g/mol. The molecule has 2 N–H and O–H groups in total. The largest absolute Gasteiger partial charge is 0.493 e. The Morgan fingerprint density at radius 2 is 1.88 bits per heavy atom. The summed E-state index contributed by atoms with van der Waals surface area (Å²) < 4.78 is 34.9. The quantitative estimate of drug-likeness (QED) is 0.252. The normalized spacial score (nSPS) is 14.6. The van der Waals surface area contributed by atoms with Crippen molar-refractivity contribution in [3.63, 3.8) is 0 Å². The van der Waals surface area contributed by atoms with Gasteiger partial charge in [-0.05, 0) is 61.6 Å². The molecule has 1 aliphatic rings. The Balaban J connectivity index is 0.00000385. The lowest BCUT2D eigenvalue weighted by Gasteiger charge is -2.22. The molecule has 1 fully saturated rings. The highest BCUT2D eigenvalue weighted by Gasteiger charge is 2.15. The van der Waals surface area contributed by atoms with Crippen molar-refractivity contribution in [2.24, 2.45) is 4.99 Å². The van der Waals surface area contributed by atoms with E-state index in [-0.39, 0.29) is 41.5 Å². The van der Waals surface area contributed by atoms with Crippen LogP contribution in [0.25, 0.3) is 0 Å². The van der Waals surface area contributed by atoms with Crippen molar-refractivity contribution in [3.8, 4) is 11.5 Å². The molecule has 3 rings (SSSR count). The molecule has 1 atom stereocenters. The Bertz CT molecular complexity index is 908. The number of benzene rings is 2. The Morgan fingerprint density at radius 1 is 1.12 bits per heavy atom. The number of hydrogen-bond donors (Lipinski definition) is 2. The van der Waals surface area contributed by atoms with Crippen LogP contribution in [-0.4, -0.2) is 46.4 Å². The Hall–Kier alpha value is -2.30. The fourth-order valence-electron chi connectivity index (χ4n) is 3.84. The van der Waals surface area contributed by atoms with Crippen LogP contribution in [0.5, 0.6) is 11.5 Å². The third-order valence-corrected chi connectivity index (χ3v) is 5.57. The molecule has 0 aliphatic carbocycles. The molecule has 2 aromatic carbocycles. The molecule has 1 unspecified atom stereocenters. The second kappa shape index (κ2) is 13.4. The zero-order chi connectivity index (χ0) is 22.9. The van der Waals surface area contributed by atoms with Crippen LogP contribution < -0.4 is 25.0 Å². The first-order chi connectivity index (χ1) is 15.5. The minimum Gasteiger partial charge on any atom is -0.493 e. The summed E-state index contributed by atoms with van der Waals surface area (Å²) in [5, 5.41) is 6.70. The zero-order valence-corrected chi connectivity index (χ0v) is 21.6. The van der Waals surface area contributed by atoms with Gasteiger partial charge in [0.25, 0.3) is 0 Å². The van der Waals surface area contributed by atoms with Crippen LogP contribution in [0, 0.1) is 0 Å². The van der Waals surface area contributed by atoms with E-state index < -0.39 is 6.61 Å². The first kappa shape index (κ1) is 26.9. The van der Waals surface area contributed by atoms with Crippen LogP contribution >= 0.6 is 24.0 Å². The number of halogens is 3. The van der Waals surface area contributed by atoms with Crippen LogP contribution in [0.1, 0.15) is 36.9 Å². The van der Waals surface area contributed by atoms with Crippen molar-refractivity contribution >= 4 is 35.6 Å². The summed E-state index contributed by atoms with van der Waals surface area (Å²) >= 11 is 0. The minimum atomic E-state index is -2.90. The van der Waals surface area contributed by atoms with E-state index in [1.165, 1.54) is 31.2 Å². The third-order valence-electron chi connectivity index (χ3n) is 5.57. The number of alkyl halides is 2. The molecule has 1 heterocycles. The predicted octanol–water partition coefficient (Wildman–Crippen LogP) is 4.98. The first-order valence-corrected chi connectivity index (χ1v) is 10.9. The van der Waals surface area contributed by atoms with Gasteiger partial charge >= 0.3 is 6.61 Å². The van der Waals surface area contributed by atoms with E-state index >= 15 is 0 Å². The number of guanidine groups is 1. The highest BCUT2D eigenvalue weighted by atomic mass is 127. The maximum absolute atomic E-state index is 12.6. The van der Waals surface area contributed by atoms with Gasteiger partial charge in [0.05, 0.1) is 13.2 Å². The van der Waals surface area contributed by atoms with Crippen LogP contribution in [0.4, 0.5) is 14.5 Å². The van der Waals surface area contributed by atoms with E-state index in [2.05, 4.69) is 56.5 Å². The van der Waals surface area contributed by atoms with Gasteiger partial charge in [0.1, 0.15) is 0 Å². The molecule has 9 heteroatoms. The van der Waals surface area contributed by atoms with Crippen molar-refractivity contribution in [3.05, 3.63) is 53.6 Å². The SMILES string of the molecule is CN=C(NCCc1ccc(OC)c(OC(F)F)c1)NC(C)c1cccc(N2CCCC2)c1.I. The summed E-state index contributed by atoms with van der Waals surface area (Å²) in [7, 11) is 3.15. The summed E-state index contributed by atoms with van der Waals surface area (Å²) in [5.74, 6) is 1.00. The molecule has 0 saturated carbocycles.